The number of morpholine rings is 1. The molecule has 4 aliphatic rings. The molecule has 2 atom stereocenters. The van der Waals surface area contributed by atoms with Gasteiger partial charge in [0.1, 0.15) is 0 Å². The monoisotopic (exact) mass is 324 g/mol. The number of nitrogens with one attached hydrogen (secondary N) is 1. The van der Waals surface area contributed by atoms with E-state index in [2.05, 4.69) is 10.2 Å². The van der Waals surface area contributed by atoms with E-state index in [9.17, 15) is 14.7 Å². The van der Waals surface area contributed by atoms with Crippen molar-refractivity contribution >= 4 is 11.9 Å². The Morgan fingerprint density at radius 3 is 2.26 bits per heavy atom. The van der Waals surface area contributed by atoms with Crippen LogP contribution in [-0.2, 0) is 14.3 Å². The molecule has 6 heteroatoms. The minimum atomic E-state index is -0.784. The van der Waals surface area contributed by atoms with Crippen molar-refractivity contribution in [3.8, 4) is 0 Å². The van der Waals surface area contributed by atoms with Crippen LogP contribution >= 0.6 is 0 Å². The summed E-state index contributed by atoms with van der Waals surface area (Å²) in [6.45, 7) is 5.09. The summed E-state index contributed by atoms with van der Waals surface area (Å²) in [7, 11) is 0. The van der Waals surface area contributed by atoms with E-state index in [0.29, 0.717) is 6.54 Å². The molecular formula is C17H28N2O4. The zero-order valence-corrected chi connectivity index (χ0v) is 13.7. The third-order valence-corrected chi connectivity index (χ3v) is 5.86. The highest BCUT2D eigenvalue weighted by atomic mass is 16.5. The molecular weight excluding hydrogens is 296 g/mol. The van der Waals surface area contributed by atoms with Gasteiger partial charge in [-0.15, -0.1) is 0 Å². The molecule has 3 saturated carbocycles. The van der Waals surface area contributed by atoms with Crippen LogP contribution in [0.15, 0.2) is 0 Å². The van der Waals surface area contributed by atoms with Gasteiger partial charge in [0.25, 0.3) is 0 Å². The topological polar surface area (TPSA) is 78.9 Å². The minimum Gasteiger partial charge on any atom is -0.481 e. The molecule has 1 aliphatic heterocycles. The van der Waals surface area contributed by atoms with Gasteiger partial charge < -0.3 is 15.2 Å². The van der Waals surface area contributed by atoms with Gasteiger partial charge in [0.05, 0.1) is 25.0 Å². The van der Waals surface area contributed by atoms with E-state index in [-0.39, 0.29) is 23.7 Å². The van der Waals surface area contributed by atoms with Crippen molar-refractivity contribution in [3.63, 3.8) is 0 Å². The molecule has 1 saturated heterocycles. The van der Waals surface area contributed by atoms with Crippen molar-refractivity contribution in [1.29, 1.82) is 0 Å². The Bertz CT molecular complexity index is 428. The number of carboxylic acid groups (broad SMARTS) is 1. The van der Waals surface area contributed by atoms with Gasteiger partial charge in [-0.3, -0.25) is 14.5 Å². The Kier molecular flexibility index (Phi) is 5.54. The van der Waals surface area contributed by atoms with Crippen LogP contribution in [0.25, 0.3) is 0 Å². The summed E-state index contributed by atoms with van der Waals surface area (Å²) in [5.41, 5.74) is 0. The number of fused-ring (bicyclic) bond motifs is 3. The predicted molar refractivity (Wildman–Crippen MR) is 84.9 cm³/mol. The van der Waals surface area contributed by atoms with E-state index in [1.54, 1.807) is 0 Å². The second-order valence-electron chi connectivity index (χ2n) is 7.16. The molecule has 0 spiro atoms. The second-order valence-corrected chi connectivity index (χ2v) is 7.16. The van der Waals surface area contributed by atoms with Crippen LogP contribution in [0.5, 0.6) is 0 Å². The Labute approximate surface area is 137 Å². The van der Waals surface area contributed by atoms with Gasteiger partial charge in [-0.25, -0.2) is 0 Å². The van der Waals surface area contributed by atoms with Gasteiger partial charge in [0, 0.05) is 19.6 Å². The van der Waals surface area contributed by atoms with E-state index in [0.717, 1.165) is 65.0 Å². The standard InChI is InChI=1S/C17H28N2O4/c20-16(18-6-1-7-19-8-10-23-11-9-19)14-12-2-4-13(5-3-12)15(14)17(21)22/h12-15H,1-11H2,(H,18,20)(H,21,22). The summed E-state index contributed by atoms with van der Waals surface area (Å²) in [6, 6.07) is 0. The van der Waals surface area contributed by atoms with Gasteiger partial charge in [0.15, 0.2) is 0 Å². The number of aliphatic carboxylic acids is 1. The average Bonchev–Trinajstić information content (AvgIpc) is 2.59. The summed E-state index contributed by atoms with van der Waals surface area (Å²) >= 11 is 0. The summed E-state index contributed by atoms with van der Waals surface area (Å²) in [4.78, 5) is 26.5. The van der Waals surface area contributed by atoms with Gasteiger partial charge in [-0.05, 0) is 50.5 Å². The van der Waals surface area contributed by atoms with E-state index in [1.165, 1.54) is 0 Å². The summed E-state index contributed by atoms with van der Waals surface area (Å²) in [5.74, 6) is -1.14. The van der Waals surface area contributed by atoms with Crippen LogP contribution < -0.4 is 5.32 Å². The summed E-state index contributed by atoms with van der Waals surface area (Å²) in [5, 5.41) is 12.5. The minimum absolute atomic E-state index is 0.0335. The number of rotatable bonds is 6. The molecule has 2 bridgehead atoms. The quantitative estimate of drug-likeness (QED) is 0.712. The van der Waals surface area contributed by atoms with Crippen molar-refractivity contribution < 1.29 is 19.4 Å². The molecule has 2 N–H and O–H groups in total. The fourth-order valence-corrected chi connectivity index (χ4v) is 4.64. The molecule has 4 fully saturated rings. The van der Waals surface area contributed by atoms with Crippen LogP contribution in [0, 0.1) is 23.7 Å². The van der Waals surface area contributed by atoms with Crippen LogP contribution in [0.2, 0.25) is 0 Å². The lowest BCUT2D eigenvalue weighted by molar-refractivity contribution is -0.158. The largest absolute Gasteiger partial charge is 0.481 e. The van der Waals surface area contributed by atoms with Crippen LogP contribution in [0.4, 0.5) is 0 Å². The summed E-state index contributed by atoms with van der Waals surface area (Å²) in [6.07, 6.45) is 4.88. The van der Waals surface area contributed by atoms with Crippen molar-refractivity contribution in [2.75, 3.05) is 39.4 Å². The Balaban J connectivity index is 1.46. The van der Waals surface area contributed by atoms with E-state index >= 15 is 0 Å². The molecule has 2 unspecified atom stereocenters. The van der Waals surface area contributed by atoms with Crippen LogP contribution in [-0.4, -0.2) is 61.3 Å². The highest BCUT2D eigenvalue weighted by Crippen LogP contribution is 2.49. The molecule has 4 rings (SSSR count). The first kappa shape index (κ1) is 16.7. The fraction of sp³-hybridized carbons (Fsp3) is 0.882. The number of carbonyl (C=O) groups is 2. The molecule has 0 radical (unpaired) electrons. The first-order valence-corrected chi connectivity index (χ1v) is 8.97. The third-order valence-electron chi connectivity index (χ3n) is 5.86. The number of hydrogen-bond donors (Lipinski definition) is 2. The smallest absolute Gasteiger partial charge is 0.307 e. The lowest BCUT2D eigenvalue weighted by Gasteiger charge is -2.45. The Morgan fingerprint density at radius 2 is 1.65 bits per heavy atom. The number of carboxylic acids is 1. The predicted octanol–water partition coefficient (Wildman–Crippen LogP) is 0.962. The number of nitrogens with zero attached hydrogens (tertiary/aromatic N) is 1. The summed E-state index contributed by atoms with van der Waals surface area (Å²) < 4.78 is 5.32. The zero-order chi connectivity index (χ0) is 16.2. The van der Waals surface area contributed by atoms with Crippen molar-refractivity contribution in [2.24, 2.45) is 23.7 Å². The number of amides is 1. The Hall–Kier alpha value is -1.14. The molecule has 0 aromatic rings. The lowest BCUT2D eigenvalue weighted by Crippen LogP contribution is -2.51. The maximum atomic E-state index is 12.5. The third kappa shape index (κ3) is 3.86. The molecule has 1 heterocycles. The number of carbonyl (C=O) groups excluding carboxylic acids is 1. The SMILES string of the molecule is O=C(O)C1C2CCC(CC2)C1C(=O)NCCCN1CCOCC1. The van der Waals surface area contributed by atoms with Crippen molar-refractivity contribution in [1.82, 2.24) is 10.2 Å². The molecule has 0 aromatic heterocycles. The highest BCUT2D eigenvalue weighted by molar-refractivity contribution is 5.85. The molecule has 1 amide bonds. The van der Waals surface area contributed by atoms with Gasteiger partial charge in [0.2, 0.25) is 5.91 Å². The number of ether oxygens (including phenoxy) is 1. The highest BCUT2D eigenvalue weighted by Gasteiger charge is 2.50. The van der Waals surface area contributed by atoms with E-state index < -0.39 is 11.9 Å². The number of hydrogen-bond acceptors (Lipinski definition) is 4. The fourth-order valence-electron chi connectivity index (χ4n) is 4.64. The maximum absolute atomic E-state index is 12.5. The lowest BCUT2D eigenvalue weighted by atomic mass is 9.58. The molecule has 6 nitrogen and oxygen atoms in total. The van der Waals surface area contributed by atoms with Crippen LogP contribution in [0.1, 0.15) is 32.1 Å². The van der Waals surface area contributed by atoms with Gasteiger partial charge in [-0.1, -0.05) is 0 Å². The van der Waals surface area contributed by atoms with Gasteiger partial charge in [-0.2, -0.15) is 0 Å². The van der Waals surface area contributed by atoms with Crippen LogP contribution in [0.3, 0.4) is 0 Å². The average molecular weight is 324 g/mol. The first-order chi connectivity index (χ1) is 11.2. The second kappa shape index (κ2) is 7.62. The normalized spacial score (nSPS) is 34.3. The molecule has 130 valence electrons. The molecule has 23 heavy (non-hydrogen) atoms. The van der Waals surface area contributed by atoms with Gasteiger partial charge >= 0.3 is 5.97 Å². The molecule has 0 aromatic carbocycles. The zero-order valence-electron chi connectivity index (χ0n) is 13.7. The maximum Gasteiger partial charge on any atom is 0.307 e. The Morgan fingerprint density at radius 1 is 1.04 bits per heavy atom. The van der Waals surface area contributed by atoms with E-state index in [1.807, 2.05) is 0 Å². The van der Waals surface area contributed by atoms with Crippen molar-refractivity contribution in [3.05, 3.63) is 0 Å². The molecule has 3 aliphatic carbocycles. The van der Waals surface area contributed by atoms with Crippen molar-refractivity contribution in [2.45, 2.75) is 32.1 Å². The first-order valence-electron chi connectivity index (χ1n) is 8.97. The van der Waals surface area contributed by atoms with E-state index in [4.69, 9.17) is 4.74 Å².